The number of piperazine rings is 1. The Balaban J connectivity index is 1.55. The van der Waals surface area contributed by atoms with Crippen molar-refractivity contribution in [2.75, 3.05) is 45.8 Å². The smallest absolute Gasteiger partial charge is 0.410 e. The topological polar surface area (TPSA) is 44.8 Å². The normalized spacial score (nSPS) is 21.4. The van der Waals surface area contributed by atoms with Gasteiger partial charge in [-0.3, -0.25) is 0 Å². The zero-order chi connectivity index (χ0) is 16.7. The summed E-state index contributed by atoms with van der Waals surface area (Å²) in [6.07, 6.45) is 6.07. The minimum absolute atomic E-state index is 0.144. The molecule has 5 heteroatoms. The van der Waals surface area contributed by atoms with Gasteiger partial charge >= 0.3 is 6.09 Å². The number of piperidine rings is 1. The van der Waals surface area contributed by atoms with Crippen molar-refractivity contribution in [3.05, 3.63) is 0 Å². The van der Waals surface area contributed by atoms with Crippen LogP contribution in [0, 0.1) is 5.92 Å². The largest absolute Gasteiger partial charge is 0.444 e. The highest BCUT2D eigenvalue weighted by atomic mass is 16.6. The van der Waals surface area contributed by atoms with Crippen molar-refractivity contribution in [3.8, 4) is 0 Å². The summed E-state index contributed by atoms with van der Waals surface area (Å²) in [5.74, 6) is 0.789. The maximum atomic E-state index is 12.0. The van der Waals surface area contributed by atoms with Crippen LogP contribution in [0.3, 0.4) is 0 Å². The van der Waals surface area contributed by atoms with Crippen LogP contribution >= 0.6 is 0 Å². The SMILES string of the molecule is CC(C)(C)OC(=O)N1CCC(CCCCN2CCNCC2)CC1. The van der Waals surface area contributed by atoms with Crippen LogP contribution in [0.2, 0.25) is 0 Å². The van der Waals surface area contributed by atoms with E-state index in [1.54, 1.807) is 0 Å². The van der Waals surface area contributed by atoms with E-state index in [4.69, 9.17) is 4.74 Å². The van der Waals surface area contributed by atoms with Crippen molar-refractivity contribution in [1.29, 1.82) is 0 Å². The van der Waals surface area contributed by atoms with Crippen LogP contribution in [-0.2, 0) is 4.74 Å². The molecule has 0 aromatic carbocycles. The molecule has 0 aliphatic carbocycles. The maximum absolute atomic E-state index is 12.0. The summed E-state index contributed by atoms with van der Waals surface area (Å²) in [6, 6.07) is 0. The molecule has 5 nitrogen and oxygen atoms in total. The molecule has 0 aromatic rings. The third-order valence-electron chi connectivity index (χ3n) is 4.81. The van der Waals surface area contributed by atoms with E-state index in [-0.39, 0.29) is 6.09 Å². The van der Waals surface area contributed by atoms with E-state index in [0.717, 1.165) is 44.9 Å². The van der Waals surface area contributed by atoms with Crippen molar-refractivity contribution >= 4 is 6.09 Å². The Labute approximate surface area is 141 Å². The predicted molar refractivity (Wildman–Crippen MR) is 93.7 cm³/mol. The van der Waals surface area contributed by atoms with Gasteiger partial charge in [0.25, 0.3) is 0 Å². The van der Waals surface area contributed by atoms with E-state index in [9.17, 15) is 4.79 Å². The lowest BCUT2D eigenvalue weighted by Crippen LogP contribution is -2.43. The van der Waals surface area contributed by atoms with Gasteiger partial charge in [-0.1, -0.05) is 12.8 Å². The number of ether oxygens (including phenoxy) is 1. The van der Waals surface area contributed by atoms with Crippen molar-refractivity contribution < 1.29 is 9.53 Å². The predicted octanol–water partition coefficient (Wildman–Crippen LogP) is 2.71. The highest BCUT2D eigenvalue weighted by molar-refractivity contribution is 5.68. The van der Waals surface area contributed by atoms with E-state index in [1.165, 1.54) is 38.9 Å². The number of nitrogens with one attached hydrogen (secondary N) is 1. The van der Waals surface area contributed by atoms with Crippen LogP contribution in [0.15, 0.2) is 0 Å². The quantitative estimate of drug-likeness (QED) is 0.790. The molecule has 23 heavy (non-hydrogen) atoms. The molecular weight excluding hydrogens is 290 g/mol. The van der Waals surface area contributed by atoms with Crippen LogP contribution in [0.1, 0.15) is 52.9 Å². The van der Waals surface area contributed by atoms with Crippen LogP contribution in [0.5, 0.6) is 0 Å². The zero-order valence-electron chi connectivity index (χ0n) is 15.3. The summed E-state index contributed by atoms with van der Waals surface area (Å²) in [5, 5.41) is 3.40. The van der Waals surface area contributed by atoms with Gasteiger partial charge in [0.15, 0.2) is 0 Å². The minimum Gasteiger partial charge on any atom is -0.444 e. The molecule has 2 aliphatic heterocycles. The second-order valence-electron chi connectivity index (χ2n) is 8.00. The molecule has 2 rings (SSSR count). The molecule has 0 unspecified atom stereocenters. The molecule has 2 aliphatic rings. The summed E-state index contributed by atoms with van der Waals surface area (Å²) < 4.78 is 5.45. The molecular formula is C18H35N3O2. The van der Waals surface area contributed by atoms with Crippen molar-refractivity contribution in [1.82, 2.24) is 15.1 Å². The fraction of sp³-hybridized carbons (Fsp3) is 0.944. The molecule has 134 valence electrons. The molecule has 1 amide bonds. The molecule has 0 aromatic heterocycles. The molecule has 2 fully saturated rings. The average Bonchev–Trinajstić information content (AvgIpc) is 2.51. The molecule has 1 N–H and O–H groups in total. The summed E-state index contributed by atoms with van der Waals surface area (Å²) >= 11 is 0. The van der Waals surface area contributed by atoms with E-state index >= 15 is 0 Å². The van der Waals surface area contributed by atoms with Gasteiger partial charge in [0.2, 0.25) is 0 Å². The lowest BCUT2D eigenvalue weighted by molar-refractivity contribution is 0.0180. The standard InChI is InChI=1S/C18H35N3O2/c1-18(2,3)23-17(22)21-12-7-16(8-13-21)6-4-5-11-20-14-9-19-10-15-20/h16,19H,4-15H2,1-3H3. The Kier molecular flexibility index (Phi) is 7.15. The number of carbonyl (C=O) groups excluding carboxylic acids is 1. The van der Waals surface area contributed by atoms with Gasteiger partial charge in [-0.25, -0.2) is 4.79 Å². The third kappa shape index (κ3) is 7.08. The summed E-state index contributed by atoms with van der Waals surface area (Å²) in [7, 11) is 0. The summed E-state index contributed by atoms with van der Waals surface area (Å²) in [5.41, 5.74) is -0.391. The van der Waals surface area contributed by atoms with Gasteiger partial charge in [-0.15, -0.1) is 0 Å². The minimum atomic E-state index is -0.391. The van der Waals surface area contributed by atoms with E-state index in [0.29, 0.717) is 0 Å². The fourth-order valence-electron chi connectivity index (χ4n) is 3.43. The van der Waals surface area contributed by atoms with Crippen molar-refractivity contribution in [2.24, 2.45) is 5.92 Å². The van der Waals surface area contributed by atoms with Gasteiger partial charge < -0.3 is 19.9 Å². The second-order valence-corrected chi connectivity index (χ2v) is 8.00. The van der Waals surface area contributed by atoms with Crippen LogP contribution in [-0.4, -0.2) is 67.3 Å². The molecule has 0 bridgehead atoms. The average molecular weight is 325 g/mol. The van der Waals surface area contributed by atoms with Crippen molar-refractivity contribution in [2.45, 2.75) is 58.5 Å². The summed E-state index contributed by atoms with van der Waals surface area (Å²) in [6.45, 7) is 13.4. The van der Waals surface area contributed by atoms with Gasteiger partial charge in [0, 0.05) is 39.3 Å². The number of amides is 1. The van der Waals surface area contributed by atoms with Crippen LogP contribution in [0.25, 0.3) is 0 Å². The number of rotatable bonds is 5. The highest BCUT2D eigenvalue weighted by Crippen LogP contribution is 2.24. The molecule has 2 heterocycles. The van der Waals surface area contributed by atoms with E-state index in [2.05, 4.69) is 10.2 Å². The number of carbonyl (C=O) groups is 1. The monoisotopic (exact) mass is 325 g/mol. The van der Waals surface area contributed by atoms with Crippen molar-refractivity contribution in [3.63, 3.8) is 0 Å². The first-order valence-electron chi connectivity index (χ1n) is 9.35. The molecule has 0 spiro atoms. The number of nitrogens with zero attached hydrogens (tertiary/aromatic N) is 2. The number of hydrogen-bond acceptors (Lipinski definition) is 4. The first-order valence-corrected chi connectivity index (χ1v) is 9.35. The Morgan fingerprint density at radius 3 is 2.35 bits per heavy atom. The summed E-state index contributed by atoms with van der Waals surface area (Å²) in [4.78, 5) is 16.5. The Hall–Kier alpha value is -0.810. The van der Waals surface area contributed by atoms with Crippen LogP contribution < -0.4 is 5.32 Å². The fourth-order valence-corrected chi connectivity index (χ4v) is 3.43. The maximum Gasteiger partial charge on any atom is 0.410 e. The number of likely N-dealkylation sites (tertiary alicyclic amines) is 1. The Morgan fingerprint density at radius 1 is 1.09 bits per heavy atom. The molecule has 0 atom stereocenters. The van der Waals surface area contributed by atoms with Gasteiger partial charge in [-0.05, 0) is 52.5 Å². The lowest BCUT2D eigenvalue weighted by Gasteiger charge is -2.33. The van der Waals surface area contributed by atoms with Gasteiger partial charge in [0.05, 0.1) is 0 Å². The lowest BCUT2D eigenvalue weighted by atomic mass is 9.91. The third-order valence-corrected chi connectivity index (χ3v) is 4.81. The van der Waals surface area contributed by atoms with Gasteiger partial charge in [0.1, 0.15) is 5.60 Å². The molecule has 0 radical (unpaired) electrons. The highest BCUT2D eigenvalue weighted by Gasteiger charge is 2.26. The molecule has 0 saturated carbocycles. The van der Waals surface area contributed by atoms with E-state index in [1.807, 2.05) is 25.7 Å². The van der Waals surface area contributed by atoms with Crippen LogP contribution in [0.4, 0.5) is 4.79 Å². The first kappa shape index (κ1) is 18.5. The first-order chi connectivity index (χ1) is 10.9. The van der Waals surface area contributed by atoms with E-state index < -0.39 is 5.60 Å². The Morgan fingerprint density at radius 2 is 1.74 bits per heavy atom. The Bertz CT molecular complexity index is 354. The molecule has 2 saturated heterocycles. The second kappa shape index (κ2) is 8.88. The number of hydrogen-bond donors (Lipinski definition) is 1. The number of unbranched alkanes of at least 4 members (excludes halogenated alkanes) is 1. The zero-order valence-corrected chi connectivity index (χ0v) is 15.3. The van der Waals surface area contributed by atoms with Gasteiger partial charge in [-0.2, -0.15) is 0 Å².